The molecule has 0 bridgehead atoms. The van der Waals surface area contributed by atoms with Crippen LogP contribution in [0.15, 0.2) is 0 Å². The average Bonchev–Trinajstić information content (AvgIpc) is 3.39. The molecule has 0 spiro atoms. The zero-order valence-corrected chi connectivity index (χ0v) is 59.7. The number of unbranched alkanes of at least 4 members (excludes halogenated alkanes) is 17. The van der Waals surface area contributed by atoms with Crippen molar-refractivity contribution in [3.8, 4) is 0 Å². The zero-order chi connectivity index (χ0) is 60.8. The molecule has 0 N–H and O–H groups in total. The van der Waals surface area contributed by atoms with Crippen molar-refractivity contribution in [3.63, 3.8) is 0 Å². The molecular weight excluding hydrogens is 952 g/mol. The van der Waals surface area contributed by atoms with E-state index in [0.29, 0.717) is 25.9 Å². The van der Waals surface area contributed by atoms with Crippen LogP contribution in [0.2, 0.25) is 0 Å². The lowest BCUT2D eigenvalue weighted by Crippen LogP contribution is -2.20. The highest BCUT2D eigenvalue weighted by atomic mass is 31.1. The molecule has 0 heterocycles. The van der Waals surface area contributed by atoms with Crippen molar-refractivity contribution in [1.29, 1.82) is 0 Å². The number of carbonyl (C=O) groups excluding carboxylic acids is 1. The van der Waals surface area contributed by atoms with Gasteiger partial charge in [-0.1, -0.05) is 327 Å². The Hall–Kier alpha value is -0.220. The first-order valence-electron chi connectivity index (χ1n) is 33.5. The van der Waals surface area contributed by atoms with Crippen LogP contribution < -0.4 is 0 Å². The predicted molar refractivity (Wildman–Crippen MR) is 357 cm³/mol. The summed E-state index contributed by atoms with van der Waals surface area (Å²) >= 11 is 0. The number of hydrogen-bond acceptors (Lipinski definition) is 5. The predicted octanol–water partition coefficient (Wildman–Crippen LogP) is 26.4. The second kappa shape index (κ2) is 86.0. The summed E-state index contributed by atoms with van der Waals surface area (Å²) in [5.74, 6) is 7.07. The third-order valence-electron chi connectivity index (χ3n) is 13.2. The molecule has 0 amide bonds. The molecule has 0 radical (unpaired) electrons. The molecule has 0 saturated heterocycles. The Morgan fingerprint density at radius 2 is 0.500 bits per heavy atom. The van der Waals surface area contributed by atoms with E-state index >= 15 is 0 Å². The van der Waals surface area contributed by atoms with Crippen LogP contribution in [-0.4, -0.2) is 44.3 Å². The molecular formula is C70H157O5P. The van der Waals surface area contributed by atoms with Gasteiger partial charge in [-0.05, 0) is 87.4 Å². The molecule has 0 saturated carbocycles. The number of carbonyl (C=O) groups is 1. The van der Waals surface area contributed by atoms with Crippen molar-refractivity contribution in [2.24, 2.45) is 47.3 Å². The van der Waals surface area contributed by atoms with Crippen molar-refractivity contribution in [1.82, 2.24) is 0 Å². The van der Waals surface area contributed by atoms with E-state index in [2.05, 4.69) is 187 Å². The van der Waals surface area contributed by atoms with E-state index in [1.165, 1.54) is 161 Å². The van der Waals surface area contributed by atoms with E-state index in [1.54, 1.807) is 0 Å². The van der Waals surface area contributed by atoms with Crippen LogP contribution >= 0.6 is 8.81 Å². The maximum Gasteiger partial charge on any atom is 0.351 e. The van der Waals surface area contributed by atoms with Gasteiger partial charge >= 0.3 is 5.71 Å². The molecule has 76 heavy (non-hydrogen) atoms. The monoisotopic (exact) mass is 1110 g/mol. The van der Waals surface area contributed by atoms with Crippen LogP contribution in [0.1, 0.15) is 367 Å². The maximum absolute atomic E-state index is 11.2. The van der Waals surface area contributed by atoms with Crippen molar-refractivity contribution in [2.45, 2.75) is 379 Å². The molecule has 0 rings (SSSR count). The number of hydrogen-bond donors (Lipinski definition) is 0. The lowest BCUT2D eigenvalue weighted by molar-refractivity contribution is -0.0329. The minimum absolute atomic E-state index is 0.146. The summed E-state index contributed by atoms with van der Waals surface area (Å²) in [5, 5.41) is 0. The van der Waals surface area contributed by atoms with Crippen LogP contribution in [0.25, 0.3) is 0 Å². The highest BCUT2D eigenvalue weighted by Gasteiger charge is 2.05. The standard InChI is InChI=1S/C30H61O5P.8C5H12/c1-5-28(3)34-27-29(4)33-25-23-21-19-17-15-13-11-9-7-8-10-12-14-16-18-20-22-24-26-35-36-30(31)32-6-2;8*1-4-5(2)3/h28-29,36H,5-27H2,1-4H3;8*5H,4H2,1-3H3. The van der Waals surface area contributed by atoms with Gasteiger partial charge in [0.15, 0.2) is 0 Å². The van der Waals surface area contributed by atoms with E-state index < -0.39 is 0 Å². The summed E-state index contributed by atoms with van der Waals surface area (Å²) in [4.78, 5) is 11.2. The minimum Gasteiger partial charge on any atom is -0.461 e. The van der Waals surface area contributed by atoms with Gasteiger partial charge in [0.25, 0.3) is 0 Å². The van der Waals surface area contributed by atoms with E-state index in [9.17, 15) is 4.79 Å². The summed E-state index contributed by atoms with van der Waals surface area (Å²) in [7, 11) is -0.146. The summed E-state index contributed by atoms with van der Waals surface area (Å²) in [6, 6.07) is 0. The fraction of sp³-hybridized carbons (Fsp3) is 0.986. The Morgan fingerprint density at radius 3 is 0.697 bits per heavy atom. The van der Waals surface area contributed by atoms with Gasteiger partial charge in [-0.25, -0.2) is 4.79 Å². The summed E-state index contributed by atoms with van der Waals surface area (Å²) in [6.07, 6.45) is 36.2. The SMILES string of the molecule is CCC(C)C.CCC(C)C.CCC(C)C.CCC(C)C.CCC(C)C.CCC(C)C.CCC(C)C.CCC(C)C.CCOC(=O)POCCCCCCCCCCCCCCCCCCCCOC(C)COC(C)CC. The zero-order valence-electron chi connectivity index (χ0n) is 58.7. The smallest absolute Gasteiger partial charge is 0.351 e. The quantitative estimate of drug-likeness (QED) is 0.0458. The van der Waals surface area contributed by atoms with E-state index in [1.807, 2.05) is 6.92 Å². The van der Waals surface area contributed by atoms with Crippen molar-refractivity contribution < 1.29 is 23.5 Å². The van der Waals surface area contributed by atoms with Crippen LogP contribution in [0.5, 0.6) is 0 Å². The molecule has 3 atom stereocenters. The molecule has 0 aliphatic rings. The normalized spacial score (nSPS) is 11.4. The molecule has 3 unspecified atom stereocenters. The first kappa shape index (κ1) is 95.0. The second-order valence-corrected chi connectivity index (χ2v) is 25.6. The highest BCUT2D eigenvalue weighted by Crippen LogP contribution is 2.18. The Morgan fingerprint density at radius 1 is 0.289 bits per heavy atom. The average molecular weight is 1110 g/mol. The lowest BCUT2D eigenvalue weighted by Gasteiger charge is -2.16. The molecule has 0 aromatic rings. The molecule has 472 valence electrons. The minimum atomic E-state index is -0.227. The molecule has 0 aromatic heterocycles. The summed E-state index contributed by atoms with van der Waals surface area (Å²) < 4.78 is 21.8. The third-order valence-corrected chi connectivity index (χ3v) is 13.9. The van der Waals surface area contributed by atoms with Crippen molar-refractivity contribution >= 4 is 14.5 Å². The van der Waals surface area contributed by atoms with Gasteiger partial charge in [0.1, 0.15) is 8.81 Å². The van der Waals surface area contributed by atoms with Gasteiger partial charge in [0.2, 0.25) is 0 Å². The van der Waals surface area contributed by atoms with Gasteiger partial charge < -0.3 is 18.7 Å². The van der Waals surface area contributed by atoms with E-state index in [4.69, 9.17) is 18.7 Å². The fourth-order valence-corrected chi connectivity index (χ4v) is 4.69. The second-order valence-electron chi connectivity index (χ2n) is 24.7. The third kappa shape index (κ3) is 146. The van der Waals surface area contributed by atoms with Gasteiger partial charge in [-0.2, -0.15) is 0 Å². The van der Waals surface area contributed by atoms with Crippen LogP contribution in [-0.2, 0) is 18.7 Å². The Balaban J connectivity index is -0.000000127. The van der Waals surface area contributed by atoms with E-state index in [0.717, 1.165) is 66.8 Å². The highest BCUT2D eigenvalue weighted by molar-refractivity contribution is 7.52. The largest absolute Gasteiger partial charge is 0.461 e. The van der Waals surface area contributed by atoms with Crippen molar-refractivity contribution in [2.75, 3.05) is 26.4 Å². The summed E-state index contributed by atoms with van der Waals surface area (Å²) in [6.45, 7) is 64.1. The molecule has 6 heteroatoms. The van der Waals surface area contributed by atoms with Gasteiger partial charge in [-0.3, -0.25) is 0 Å². The molecule has 5 nitrogen and oxygen atoms in total. The van der Waals surface area contributed by atoms with Gasteiger partial charge in [0, 0.05) is 6.61 Å². The first-order valence-corrected chi connectivity index (χ1v) is 34.4. The Labute approximate surface area is 489 Å². The Kier molecular flexibility index (Phi) is 108. The fourth-order valence-electron chi connectivity index (χ4n) is 4.13. The lowest BCUT2D eigenvalue weighted by atomic mass is 10.0. The topological polar surface area (TPSA) is 54.0 Å². The first-order chi connectivity index (χ1) is 35.8. The molecule has 0 fully saturated rings. The van der Waals surface area contributed by atoms with Crippen molar-refractivity contribution in [3.05, 3.63) is 0 Å². The number of rotatable bonds is 37. The Bertz CT molecular complexity index is 807. The molecule has 0 aliphatic carbocycles. The molecule has 0 aliphatic heterocycles. The van der Waals surface area contributed by atoms with E-state index in [-0.39, 0.29) is 20.6 Å². The maximum atomic E-state index is 11.2. The van der Waals surface area contributed by atoms with Crippen LogP contribution in [0.3, 0.4) is 0 Å². The van der Waals surface area contributed by atoms with Crippen LogP contribution in [0, 0.1) is 47.3 Å². The molecule has 0 aromatic carbocycles. The number of ether oxygens (including phenoxy) is 3. The van der Waals surface area contributed by atoms with Crippen LogP contribution in [0.4, 0.5) is 4.79 Å². The van der Waals surface area contributed by atoms with Gasteiger partial charge in [-0.15, -0.1) is 0 Å². The van der Waals surface area contributed by atoms with Gasteiger partial charge in [0.05, 0.1) is 32.0 Å². The summed E-state index contributed by atoms with van der Waals surface area (Å²) in [5.41, 5.74) is -0.227.